The predicted octanol–water partition coefficient (Wildman–Crippen LogP) is 6.05. The van der Waals surface area contributed by atoms with E-state index in [9.17, 15) is 9.59 Å². The Morgan fingerprint density at radius 3 is 1.67 bits per heavy atom. The second-order valence-electron chi connectivity index (χ2n) is 8.51. The number of carbonyl (C=O) groups is 2. The molecular formula is C27H24O3. The average molecular weight is 396 g/mol. The molecule has 30 heavy (non-hydrogen) atoms. The van der Waals surface area contributed by atoms with E-state index in [1.165, 1.54) is 7.11 Å². The maximum atomic E-state index is 13.0. The fourth-order valence-corrected chi connectivity index (χ4v) is 3.89. The molecule has 0 amide bonds. The van der Waals surface area contributed by atoms with Crippen LogP contribution in [0.3, 0.4) is 0 Å². The van der Waals surface area contributed by atoms with Crippen molar-refractivity contribution < 1.29 is 14.3 Å². The third kappa shape index (κ3) is 3.37. The van der Waals surface area contributed by atoms with Gasteiger partial charge in [0.15, 0.2) is 11.5 Å². The van der Waals surface area contributed by atoms with Crippen molar-refractivity contribution in [1.29, 1.82) is 0 Å². The van der Waals surface area contributed by atoms with Gasteiger partial charge in [0.05, 0.1) is 7.11 Å². The Balaban J connectivity index is 1.89. The molecule has 3 heteroatoms. The number of fused-ring (bicyclic) bond motifs is 2. The zero-order valence-electron chi connectivity index (χ0n) is 17.7. The lowest BCUT2D eigenvalue weighted by atomic mass is 9.75. The van der Waals surface area contributed by atoms with E-state index in [4.69, 9.17) is 4.74 Å². The van der Waals surface area contributed by atoms with Gasteiger partial charge < -0.3 is 4.74 Å². The quantitative estimate of drug-likeness (QED) is 0.621. The van der Waals surface area contributed by atoms with Crippen LogP contribution in [0.15, 0.2) is 84.2 Å². The molecule has 2 aliphatic carbocycles. The third-order valence-corrected chi connectivity index (χ3v) is 5.49. The standard InChI is InChI=1S/C27H24O3/c1-27(2,3)23-15-17(19-9-5-7-11-21(19)25(23)28)13-14-18-16-24(30-4)26(29)22-12-8-6-10-20(18)22/h5-16H,1-4H3/b17-13-,18-14-. The van der Waals surface area contributed by atoms with Crippen LogP contribution in [0.5, 0.6) is 0 Å². The number of methoxy groups -OCH3 is 1. The lowest BCUT2D eigenvalue weighted by Crippen LogP contribution is -2.22. The second kappa shape index (κ2) is 7.42. The molecule has 3 nitrogen and oxygen atoms in total. The summed E-state index contributed by atoms with van der Waals surface area (Å²) < 4.78 is 5.31. The minimum atomic E-state index is -0.260. The van der Waals surface area contributed by atoms with Crippen LogP contribution in [0.1, 0.15) is 52.6 Å². The number of carbonyl (C=O) groups excluding carboxylic acids is 2. The maximum Gasteiger partial charge on any atom is 0.228 e. The van der Waals surface area contributed by atoms with Gasteiger partial charge in [-0.1, -0.05) is 81.5 Å². The number of allylic oxidation sites excluding steroid dienone is 8. The van der Waals surface area contributed by atoms with Crippen molar-refractivity contribution in [3.05, 3.63) is 106 Å². The molecule has 0 heterocycles. The topological polar surface area (TPSA) is 43.4 Å². The van der Waals surface area contributed by atoms with E-state index >= 15 is 0 Å². The van der Waals surface area contributed by atoms with Crippen LogP contribution in [-0.2, 0) is 4.74 Å². The SMILES string of the molecule is COC1=C/C(=C/C=C2/C=C(C(C)(C)C)C(=O)c3ccccc32)c2ccccc2C1=O. The number of hydrogen-bond acceptors (Lipinski definition) is 3. The van der Waals surface area contributed by atoms with Crippen LogP contribution in [0.2, 0.25) is 0 Å². The van der Waals surface area contributed by atoms with E-state index in [1.54, 1.807) is 6.08 Å². The molecule has 0 aliphatic heterocycles. The van der Waals surface area contributed by atoms with Gasteiger partial charge in [0.1, 0.15) is 0 Å². The number of ether oxygens (including phenoxy) is 1. The van der Waals surface area contributed by atoms with Crippen LogP contribution < -0.4 is 0 Å². The van der Waals surface area contributed by atoms with Crippen LogP contribution in [-0.4, -0.2) is 18.7 Å². The van der Waals surface area contributed by atoms with E-state index in [0.717, 1.165) is 33.4 Å². The Morgan fingerprint density at radius 1 is 0.700 bits per heavy atom. The maximum absolute atomic E-state index is 13.0. The molecule has 150 valence electrons. The summed E-state index contributed by atoms with van der Waals surface area (Å²) in [5.74, 6) is 0.294. The molecule has 0 radical (unpaired) electrons. The van der Waals surface area contributed by atoms with Gasteiger partial charge in [-0.15, -0.1) is 0 Å². The predicted molar refractivity (Wildman–Crippen MR) is 120 cm³/mol. The minimum Gasteiger partial charge on any atom is -0.493 e. The van der Waals surface area contributed by atoms with Crippen LogP contribution in [0.25, 0.3) is 11.1 Å². The molecule has 0 atom stereocenters. The highest BCUT2D eigenvalue weighted by Crippen LogP contribution is 2.38. The van der Waals surface area contributed by atoms with E-state index in [2.05, 4.69) is 20.8 Å². The van der Waals surface area contributed by atoms with Gasteiger partial charge >= 0.3 is 0 Å². The van der Waals surface area contributed by atoms with Crippen molar-refractivity contribution in [3.8, 4) is 0 Å². The first-order valence-electron chi connectivity index (χ1n) is 9.99. The summed E-state index contributed by atoms with van der Waals surface area (Å²) in [6.45, 7) is 6.16. The summed E-state index contributed by atoms with van der Waals surface area (Å²) >= 11 is 0. The first kappa shape index (κ1) is 19.8. The van der Waals surface area contributed by atoms with Crippen molar-refractivity contribution in [2.45, 2.75) is 20.8 Å². The van der Waals surface area contributed by atoms with E-state index in [1.807, 2.05) is 66.8 Å². The largest absolute Gasteiger partial charge is 0.493 e. The molecule has 4 rings (SSSR count). The first-order valence-corrected chi connectivity index (χ1v) is 9.99. The molecule has 2 aliphatic rings. The lowest BCUT2D eigenvalue weighted by molar-refractivity contribution is 0.0951. The normalized spacial score (nSPS) is 18.7. The Morgan fingerprint density at radius 2 is 1.17 bits per heavy atom. The number of ketones is 2. The molecule has 0 spiro atoms. The number of rotatable bonds is 2. The highest BCUT2D eigenvalue weighted by molar-refractivity contribution is 6.17. The molecule has 0 unspecified atom stereocenters. The second-order valence-corrected chi connectivity index (χ2v) is 8.51. The van der Waals surface area contributed by atoms with Crippen LogP contribution >= 0.6 is 0 Å². The third-order valence-electron chi connectivity index (χ3n) is 5.49. The molecule has 0 aromatic heterocycles. The summed E-state index contributed by atoms with van der Waals surface area (Å²) in [6.07, 6.45) is 7.77. The summed E-state index contributed by atoms with van der Waals surface area (Å²) in [7, 11) is 1.51. The highest BCUT2D eigenvalue weighted by atomic mass is 16.5. The summed E-state index contributed by atoms with van der Waals surface area (Å²) in [6, 6.07) is 15.2. The molecule has 0 bridgehead atoms. The Hall–Kier alpha value is -3.46. The Labute approximate surface area is 177 Å². The summed E-state index contributed by atoms with van der Waals surface area (Å²) in [5, 5.41) is 0. The molecule has 2 aromatic rings. The molecular weight excluding hydrogens is 372 g/mol. The van der Waals surface area contributed by atoms with Crippen LogP contribution in [0, 0.1) is 5.41 Å². The number of hydrogen-bond donors (Lipinski definition) is 0. The van der Waals surface area contributed by atoms with Gasteiger partial charge in [0, 0.05) is 16.7 Å². The molecule has 0 saturated heterocycles. The van der Waals surface area contributed by atoms with E-state index in [0.29, 0.717) is 11.3 Å². The first-order chi connectivity index (χ1) is 14.3. The summed E-state index contributed by atoms with van der Waals surface area (Å²) in [4.78, 5) is 25.6. The van der Waals surface area contributed by atoms with Gasteiger partial charge in [-0.3, -0.25) is 9.59 Å². The van der Waals surface area contributed by atoms with Gasteiger partial charge in [-0.25, -0.2) is 0 Å². The average Bonchev–Trinajstić information content (AvgIpc) is 2.74. The van der Waals surface area contributed by atoms with Crippen molar-refractivity contribution in [2.24, 2.45) is 5.41 Å². The van der Waals surface area contributed by atoms with Gasteiger partial charge in [-0.05, 0) is 39.8 Å². The fraction of sp³-hybridized carbons (Fsp3) is 0.185. The molecule has 0 fully saturated rings. The van der Waals surface area contributed by atoms with E-state index in [-0.39, 0.29) is 17.0 Å². The van der Waals surface area contributed by atoms with Crippen molar-refractivity contribution in [1.82, 2.24) is 0 Å². The van der Waals surface area contributed by atoms with Gasteiger partial charge in [0.2, 0.25) is 5.78 Å². The number of Topliss-reactive ketones (excluding diaryl/α,β-unsaturated/α-hetero) is 2. The molecule has 0 N–H and O–H groups in total. The van der Waals surface area contributed by atoms with Crippen LogP contribution in [0.4, 0.5) is 0 Å². The van der Waals surface area contributed by atoms with Crippen molar-refractivity contribution in [3.63, 3.8) is 0 Å². The number of benzene rings is 2. The van der Waals surface area contributed by atoms with Gasteiger partial charge in [0.25, 0.3) is 0 Å². The van der Waals surface area contributed by atoms with Crippen molar-refractivity contribution in [2.75, 3.05) is 7.11 Å². The van der Waals surface area contributed by atoms with Gasteiger partial charge in [-0.2, -0.15) is 0 Å². The minimum absolute atomic E-state index is 0.0816. The zero-order chi connectivity index (χ0) is 21.5. The molecule has 0 saturated carbocycles. The lowest BCUT2D eigenvalue weighted by Gasteiger charge is -2.27. The smallest absolute Gasteiger partial charge is 0.228 e. The monoisotopic (exact) mass is 396 g/mol. The summed E-state index contributed by atoms with van der Waals surface area (Å²) in [5.41, 5.74) is 5.55. The Bertz CT molecular complexity index is 1180. The molecule has 2 aromatic carbocycles. The highest BCUT2D eigenvalue weighted by Gasteiger charge is 2.30. The Kier molecular flexibility index (Phi) is 4.90. The fourth-order valence-electron chi connectivity index (χ4n) is 3.89. The van der Waals surface area contributed by atoms with Crippen molar-refractivity contribution >= 4 is 22.7 Å². The zero-order valence-corrected chi connectivity index (χ0v) is 17.7. The van der Waals surface area contributed by atoms with E-state index < -0.39 is 0 Å².